The van der Waals surface area contributed by atoms with Crippen LogP contribution in [0.15, 0.2) is 54.9 Å². The summed E-state index contributed by atoms with van der Waals surface area (Å²) in [7, 11) is -3.80. The Bertz CT molecular complexity index is 1560. The van der Waals surface area contributed by atoms with Gasteiger partial charge in [-0.3, -0.25) is 9.52 Å². The van der Waals surface area contributed by atoms with Gasteiger partial charge >= 0.3 is 0 Å². The highest BCUT2D eigenvalue weighted by molar-refractivity contribution is 7.92. The average Bonchev–Trinajstić information content (AvgIpc) is 3.23. The molecule has 4 rings (SSSR count). The van der Waals surface area contributed by atoms with Crippen LogP contribution in [0.25, 0.3) is 27.0 Å². The predicted octanol–water partition coefficient (Wildman–Crippen LogP) is 5.96. The number of nitrogens with zero attached hydrogens (tertiary/aromatic N) is 2. The van der Waals surface area contributed by atoms with Gasteiger partial charge < -0.3 is 4.98 Å². The molecule has 34 heavy (non-hydrogen) atoms. The van der Waals surface area contributed by atoms with E-state index in [4.69, 9.17) is 18.2 Å². The summed E-state index contributed by atoms with van der Waals surface area (Å²) in [5.74, 6) is -2.07. The van der Waals surface area contributed by atoms with Gasteiger partial charge in [0.05, 0.1) is 23.6 Å². The Balaban J connectivity index is 1.81. The third-order valence-corrected chi connectivity index (χ3v) is 6.89. The number of anilines is 1. The summed E-state index contributed by atoms with van der Waals surface area (Å²) in [5, 5.41) is 1.01. The molecule has 2 N–H and O–H groups in total. The molecule has 0 saturated heterocycles. The van der Waals surface area contributed by atoms with Crippen LogP contribution < -0.4 is 4.72 Å². The number of hydrogen-bond donors (Lipinski definition) is 2. The number of halogens is 2. The monoisotopic (exact) mass is 496 g/mol. The molecule has 7 nitrogen and oxygen atoms in total. The van der Waals surface area contributed by atoms with Gasteiger partial charge in [0.1, 0.15) is 11.5 Å². The van der Waals surface area contributed by atoms with Crippen LogP contribution in [0.4, 0.5) is 15.8 Å². The molecule has 0 atom stereocenters. The topological polar surface area (TPSA) is 96.3 Å². The second-order valence-corrected chi connectivity index (χ2v) is 9.79. The molecule has 0 unspecified atom stereocenters. The number of hydrogen-bond acceptors (Lipinski definition) is 4. The summed E-state index contributed by atoms with van der Waals surface area (Å²) in [6, 6.07) is 11.2. The van der Waals surface area contributed by atoms with Crippen molar-refractivity contribution in [3.8, 4) is 11.1 Å². The Morgan fingerprint density at radius 3 is 2.62 bits per heavy atom. The van der Waals surface area contributed by atoms with Gasteiger partial charge in [0.2, 0.25) is 15.7 Å². The summed E-state index contributed by atoms with van der Waals surface area (Å²) in [6.45, 7) is 9.06. The number of pyridine rings is 1. The molecule has 2 heterocycles. The third kappa shape index (κ3) is 4.51. The Morgan fingerprint density at radius 2 is 1.94 bits per heavy atom. The molecule has 172 valence electrons. The van der Waals surface area contributed by atoms with Gasteiger partial charge in [0, 0.05) is 33.9 Å². The van der Waals surface area contributed by atoms with Crippen LogP contribution in [-0.2, 0) is 10.0 Å². The van der Waals surface area contributed by atoms with Crippen LogP contribution in [0, 0.1) is 12.4 Å². The largest absolute Gasteiger partial charge is 0.345 e. The van der Waals surface area contributed by atoms with Crippen LogP contribution >= 0.6 is 11.6 Å². The average molecular weight is 497 g/mol. The molecule has 0 amide bonds. The number of aromatic nitrogens is 2. The Hall–Kier alpha value is -3.74. The molecular weight excluding hydrogens is 479 g/mol. The van der Waals surface area contributed by atoms with Gasteiger partial charge in [-0.15, -0.1) is 0 Å². The fraction of sp³-hybridized carbons (Fsp3) is 0.125. The van der Waals surface area contributed by atoms with E-state index in [-0.39, 0.29) is 22.7 Å². The van der Waals surface area contributed by atoms with Gasteiger partial charge in [0.15, 0.2) is 5.78 Å². The molecule has 0 spiro atoms. The van der Waals surface area contributed by atoms with Crippen molar-refractivity contribution in [2.75, 3.05) is 10.5 Å². The standard InChI is InChI=1S/C24H18ClFN4O3S/c1-3-10-34(32,33)30-20-9-8-19(27-2)21(22(20)26)23(31)18-13-29-24-17(18)11-15(12-28-24)14-4-6-16(25)7-5-14/h4-9,11-13,30H,3,10H2,1H3,(H,28,29). The summed E-state index contributed by atoms with van der Waals surface area (Å²) in [5.41, 5.74) is 0.926. The van der Waals surface area contributed by atoms with Crippen LogP contribution in [0.2, 0.25) is 5.02 Å². The van der Waals surface area contributed by atoms with E-state index in [2.05, 4.69) is 19.5 Å². The van der Waals surface area contributed by atoms with Gasteiger partial charge in [-0.05, 0) is 36.2 Å². The van der Waals surface area contributed by atoms with Crippen LogP contribution in [0.1, 0.15) is 29.3 Å². The summed E-state index contributed by atoms with van der Waals surface area (Å²) < 4.78 is 41.8. The lowest BCUT2D eigenvalue weighted by atomic mass is 9.99. The number of sulfonamides is 1. The van der Waals surface area contributed by atoms with Crippen LogP contribution in [-0.4, -0.2) is 29.9 Å². The molecule has 0 aliphatic carbocycles. The highest BCUT2D eigenvalue weighted by atomic mass is 35.5. The lowest BCUT2D eigenvalue weighted by Crippen LogP contribution is -2.18. The van der Waals surface area contributed by atoms with Gasteiger partial charge in [-0.2, -0.15) is 0 Å². The van der Waals surface area contributed by atoms with Crippen molar-refractivity contribution in [1.82, 2.24) is 9.97 Å². The Morgan fingerprint density at radius 1 is 1.21 bits per heavy atom. The van der Waals surface area contributed by atoms with E-state index in [1.165, 1.54) is 12.3 Å². The molecular formula is C24H18ClFN4O3S. The second-order valence-electron chi connectivity index (χ2n) is 7.51. The van der Waals surface area contributed by atoms with E-state index in [0.717, 1.165) is 11.6 Å². The van der Waals surface area contributed by atoms with Crippen molar-refractivity contribution in [2.45, 2.75) is 13.3 Å². The second kappa shape index (κ2) is 9.25. The van der Waals surface area contributed by atoms with Crippen molar-refractivity contribution in [2.24, 2.45) is 0 Å². The fourth-order valence-corrected chi connectivity index (χ4v) is 4.83. The first-order valence-corrected chi connectivity index (χ1v) is 12.3. The maximum atomic E-state index is 15.4. The number of nitrogens with one attached hydrogen (secondary N) is 2. The number of fused-ring (bicyclic) bond motifs is 1. The number of rotatable bonds is 7. The molecule has 0 aliphatic rings. The Kier molecular flexibility index (Phi) is 6.37. The highest BCUT2D eigenvalue weighted by Crippen LogP contribution is 2.33. The first-order chi connectivity index (χ1) is 16.2. The fourth-order valence-electron chi connectivity index (χ4n) is 3.57. The third-order valence-electron chi connectivity index (χ3n) is 5.16. The first-order valence-electron chi connectivity index (χ1n) is 10.2. The summed E-state index contributed by atoms with van der Waals surface area (Å²) in [4.78, 5) is 23.9. The normalized spacial score (nSPS) is 11.4. The minimum Gasteiger partial charge on any atom is -0.345 e. The SMILES string of the molecule is [C-]#[N+]c1ccc(NS(=O)(=O)CCC)c(F)c1C(=O)c1c[nH]c2ncc(-c3ccc(Cl)cc3)cc12. The van der Waals surface area contributed by atoms with Crippen molar-refractivity contribution in [1.29, 1.82) is 0 Å². The molecule has 0 aliphatic heterocycles. The van der Waals surface area contributed by atoms with Crippen molar-refractivity contribution in [3.05, 3.63) is 88.2 Å². The summed E-state index contributed by atoms with van der Waals surface area (Å²) >= 11 is 5.96. The van der Waals surface area contributed by atoms with E-state index in [0.29, 0.717) is 28.0 Å². The van der Waals surface area contributed by atoms with Gasteiger partial charge in [-0.1, -0.05) is 36.7 Å². The molecule has 4 aromatic rings. The maximum Gasteiger partial charge on any atom is 0.232 e. The zero-order chi connectivity index (χ0) is 24.5. The van der Waals surface area contributed by atoms with E-state index in [1.807, 2.05) is 12.1 Å². The number of H-pyrrole nitrogens is 1. The van der Waals surface area contributed by atoms with Crippen LogP contribution in [0.3, 0.4) is 0 Å². The molecule has 2 aromatic carbocycles. The minimum atomic E-state index is -3.80. The Labute approximate surface area is 200 Å². The number of benzene rings is 2. The van der Waals surface area contributed by atoms with E-state index in [1.54, 1.807) is 31.3 Å². The van der Waals surface area contributed by atoms with Gasteiger partial charge in [0.25, 0.3) is 0 Å². The van der Waals surface area contributed by atoms with E-state index >= 15 is 4.39 Å². The predicted molar refractivity (Wildman–Crippen MR) is 130 cm³/mol. The molecule has 0 fully saturated rings. The first kappa shape index (κ1) is 23.4. The highest BCUT2D eigenvalue weighted by Gasteiger charge is 2.25. The van der Waals surface area contributed by atoms with Crippen LogP contribution in [0.5, 0.6) is 0 Å². The number of carbonyl (C=O) groups is 1. The maximum absolute atomic E-state index is 15.4. The molecule has 2 aromatic heterocycles. The zero-order valence-electron chi connectivity index (χ0n) is 17.9. The lowest BCUT2D eigenvalue weighted by Gasteiger charge is -2.12. The van der Waals surface area contributed by atoms with E-state index < -0.39 is 27.2 Å². The molecule has 0 saturated carbocycles. The van der Waals surface area contributed by atoms with Crippen molar-refractivity contribution < 1.29 is 17.6 Å². The number of ketones is 1. The minimum absolute atomic E-state index is 0.107. The number of aromatic amines is 1. The smallest absolute Gasteiger partial charge is 0.232 e. The quantitative estimate of drug-likeness (QED) is 0.244. The zero-order valence-corrected chi connectivity index (χ0v) is 19.5. The van der Waals surface area contributed by atoms with Crippen molar-refractivity contribution in [3.63, 3.8) is 0 Å². The summed E-state index contributed by atoms with van der Waals surface area (Å²) in [6.07, 6.45) is 3.36. The lowest BCUT2D eigenvalue weighted by molar-refractivity contribution is 0.103. The molecule has 10 heteroatoms. The van der Waals surface area contributed by atoms with E-state index in [9.17, 15) is 13.2 Å². The van der Waals surface area contributed by atoms with Crippen molar-refractivity contribution >= 4 is 49.8 Å². The number of carbonyl (C=O) groups excluding carboxylic acids is 1. The molecule has 0 radical (unpaired) electrons. The molecule has 0 bridgehead atoms. The van der Waals surface area contributed by atoms with Gasteiger partial charge in [-0.25, -0.2) is 22.6 Å².